The van der Waals surface area contributed by atoms with Gasteiger partial charge in [-0.05, 0) is 31.4 Å². The topological polar surface area (TPSA) is 95.1 Å². The van der Waals surface area contributed by atoms with Crippen molar-refractivity contribution in [3.8, 4) is 0 Å². The molecular weight excluding hydrogens is 344 g/mol. The van der Waals surface area contributed by atoms with Gasteiger partial charge in [-0.3, -0.25) is 9.59 Å². The summed E-state index contributed by atoms with van der Waals surface area (Å²) in [6.45, 7) is 2.81. The molecular formula is C19H24N6O2. The molecule has 1 atom stereocenters. The van der Waals surface area contributed by atoms with E-state index < -0.39 is 0 Å². The van der Waals surface area contributed by atoms with Gasteiger partial charge in [0.15, 0.2) is 5.69 Å². The molecule has 8 heteroatoms. The van der Waals surface area contributed by atoms with Gasteiger partial charge in [-0.25, -0.2) is 4.98 Å². The second-order valence-electron chi connectivity index (χ2n) is 7.58. The summed E-state index contributed by atoms with van der Waals surface area (Å²) in [5, 5.41) is 7.77. The maximum atomic E-state index is 12.8. The molecule has 2 amide bonds. The Bertz CT molecular complexity index is 794. The molecule has 4 heterocycles. The zero-order chi connectivity index (χ0) is 18.7. The maximum Gasteiger partial charge on any atom is 0.274 e. The normalized spacial score (nSPS) is 23.0. The molecule has 1 N–H and O–H groups in total. The van der Waals surface area contributed by atoms with Crippen LogP contribution in [0.15, 0.2) is 30.9 Å². The highest BCUT2D eigenvalue weighted by molar-refractivity contribution is 5.92. The average molecular weight is 368 g/mol. The van der Waals surface area contributed by atoms with Crippen LogP contribution in [-0.2, 0) is 11.2 Å². The molecule has 4 rings (SSSR count). The highest BCUT2D eigenvalue weighted by atomic mass is 16.2. The number of piperidine rings is 2. The van der Waals surface area contributed by atoms with Crippen molar-refractivity contribution in [2.45, 2.75) is 32.1 Å². The third kappa shape index (κ3) is 3.84. The molecule has 0 aromatic carbocycles. The Morgan fingerprint density at radius 3 is 3.00 bits per heavy atom. The molecule has 1 spiro atoms. The predicted octanol–water partition coefficient (Wildman–Crippen LogP) is 1.29. The summed E-state index contributed by atoms with van der Waals surface area (Å²) in [6, 6.07) is 3.44. The van der Waals surface area contributed by atoms with Crippen LogP contribution in [-0.4, -0.2) is 68.0 Å². The van der Waals surface area contributed by atoms with E-state index in [9.17, 15) is 9.59 Å². The lowest BCUT2D eigenvalue weighted by molar-refractivity contribution is -0.138. The number of imidazole rings is 1. The number of H-pyrrole nitrogens is 1. The molecule has 2 aromatic heterocycles. The summed E-state index contributed by atoms with van der Waals surface area (Å²) >= 11 is 0. The molecule has 27 heavy (non-hydrogen) atoms. The van der Waals surface area contributed by atoms with Gasteiger partial charge in [0, 0.05) is 62.5 Å². The summed E-state index contributed by atoms with van der Waals surface area (Å²) in [6.07, 6.45) is 9.19. The van der Waals surface area contributed by atoms with Crippen LogP contribution in [0, 0.1) is 5.41 Å². The molecule has 8 nitrogen and oxygen atoms in total. The molecule has 2 fully saturated rings. The summed E-state index contributed by atoms with van der Waals surface area (Å²) in [7, 11) is 0. The Kier molecular flexibility index (Phi) is 4.87. The van der Waals surface area contributed by atoms with Crippen LogP contribution in [0.2, 0.25) is 0 Å². The second kappa shape index (κ2) is 7.46. The average Bonchev–Trinajstić information content (AvgIpc) is 3.23. The fraction of sp³-hybridized carbons (Fsp3) is 0.526. The summed E-state index contributed by atoms with van der Waals surface area (Å²) < 4.78 is 0. The maximum absolute atomic E-state index is 12.8. The van der Waals surface area contributed by atoms with Gasteiger partial charge in [-0.2, -0.15) is 5.10 Å². The zero-order valence-corrected chi connectivity index (χ0v) is 15.3. The number of aromatic nitrogens is 4. The molecule has 0 radical (unpaired) electrons. The second-order valence-corrected chi connectivity index (χ2v) is 7.58. The fourth-order valence-electron chi connectivity index (χ4n) is 4.27. The first-order valence-corrected chi connectivity index (χ1v) is 9.47. The molecule has 2 saturated heterocycles. The molecule has 2 aliphatic rings. The minimum Gasteiger partial charge on any atom is -0.348 e. The standard InChI is InChI=1S/C19H24N6O2/c26-17-4-7-19(12-24(17)10-5-15-11-20-14-21-15)6-2-9-25(13-19)18(27)16-3-1-8-22-23-16/h1,3,8,11,14H,2,4-7,9-10,12-13H2,(H,20,21). The molecule has 142 valence electrons. The number of rotatable bonds is 4. The van der Waals surface area contributed by atoms with Gasteiger partial charge >= 0.3 is 0 Å². The monoisotopic (exact) mass is 368 g/mol. The van der Waals surface area contributed by atoms with Gasteiger partial charge in [0.1, 0.15) is 0 Å². The van der Waals surface area contributed by atoms with E-state index in [0.29, 0.717) is 31.7 Å². The van der Waals surface area contributed by atoms with Crippen LogP contribution in [0.4, 0.5) is 0 Å². The lowest BCUT2D eigenvalue weighted by atomic mass is 9.73. The van der Waals surface area contributed by atoms with E-state index in [1.165, 1.54) is 0 Å². The van der Waals surface area contributed by atoms with Crippen molar-refractivity contribution in [3.05, 3.63) is 42.2 Å². The Balaban J connectivity index is 1.43. The number of amides is 2. The van der Waals surface area contributed by atoms with Crippen molar-refractivity contribution < 1.29 is 9.59 Å². The van der Waals surface area contributed by atoms with E-state index >= 15 is 0 Å². The largest absolute Gasteiger partial charge is 0.348 e. The van der Waals surface area contributed by atoms with Crippen LogP contribution >= 0.6 is 0 Å². The third-order valence-corrected chi connectivity index (χ3v) is 5.69. The first kappa shape index (κ1) is 17.6. The van der Waals surface area contributed by atoms with Crippen molar-refractivity contribution in [2.24, 2.45) is 5.41 Å². The first-order chi connectivity index (χ1) is 13.2. The van der Waals surface area contributed by atoms with E-state index in [-0.39, 0.29) is 17.2 Å². The van der Waals surface area contributed by atoms with Crippen molar-refractivity contribution in [2.75, 3.05) is 26.2 Å². The van der Waals surface area contributed by atoms with Gasteiger partial charge < -0.3 is 14.8 Å². The van der Waals surface area contributed by atoms with Gasteiger partial charge in [-0.15, -0.1) is 5.10 Å². The first-order valence-electron chi connectivity index (χ1n) is 9.47. The smallest absolute Gasteiger partial charge is 0.274 e. The van der Waals surface area contributed by atoms with Gasteiger partial charge in [0.05, 0.1) is 6.33 Å². The Labute approximate surface area is 158 Å². The van der Waals surface area contributed by atoms with Crippen LogP contribution in [0.1, 0.15) is 41.9 Å². The number of likely N-dealkylation sites (tertiary alicyclic amines) is 2. The minimum absolute atomic E-state index is 0.0159. The van der Waals surface area contributed by atoms with E-state index in [1.54, 1.807) is 30.9 Å². The van der Waals surface area contributed by atoms with Crippen LogP contribution in [0.5, 0.6) is 0 Å². The Morgan fingerprint density at radius 2 is 2.22 bits per heavy atom. The van der Waals surface area contributed by atoms with E-state index in [0.717, 1.165) is 37.9 Å². The molecule has 0 bridgehead atoms. The van der Waals surface area contributed by atoms with Crippen molar-refractivity contribution in [3.63, 3.8) is 0 Å². The number of nitrogens with one attached hydrogen (secondary N) is 1. The minimum atomic E-state index is -0.0666. The molecule has 1 unspecified atom stereocenters. The zero-order valence-electron chi connectivity index (χ0n) is 15.3. The van der Waals surface area contributed by atoms with Crippen LogP contribution in [0.3, 0.4) is 0 Å². The Morgan fingerprint density at radius 1 is 1.30 bits per heavy atom. The highest BCUT2D eigenvalue weighted by Crippen LogP contribution is 2.39. The molecule has 0 aliphatic carbocycles. The molecule has 0 saturated carbocycles. The molecule has 2 aliphatic heterocycles. The summed E-state index contributed by atoms with van der Waals surface area (Å²) in [5.74, 6) is 0.139. The van der Waals surface area contributed by atoms with Crippen molar-refractivity contribution in [1.82, 2.24) is 30.0 Å². The quantitative estimate of drug-likeness (QED) is 0.877. The van der Waals surface area contributed by atoms with Crippen molar-refractivity contribution in [1.29, 1.82) is 0 Å². The van der Waals surface area contributed by atoms with Crippen molar-refractivity contribution >= 4 is 11.8 Å². The van der Waals surface area contributed by atoms with Crippen LogP contribution in [0.25, 0.3) is 0 Å². The number of carbonyl (C=O) groups is 2. The number of hydrogen-bond donors (Lipinski definition) is 1. The lowest BCUT2D eigenvalue weighted by Crippen LogP contribution is -2.55. The molecule has 2 aromatic rings. The van der Waals surface area contributed by atoms with Gasteiger partial charge in [0.2, 0.25) is 5.91 Å². The number of hydrogen-bond acceptors (Lipinski definition) is 5. The fourth-order valence-corrected chi connectivity index (χ4v) is 4.27. The SMILES string of the molecule is O=C1CCC2(CCCN(C(=O)c3cccnn3)C2)CN1CCc1cnc[nH]1. The number of nitrogens with zero attached hydrogens (tertiary/aromatic N) is 5. The van der Waals surface area contributed by atoms with Crippen LogP contribution < -0.4 is 0 Å². The number of carbonyl (C=O) groups excluding carboxylic acids is 2. The highest BCUT2D eigenvalue weighted by Gasteiger charge is 2.42. The predicted molar refractivity (Wildman–Crippen MR) is 97.7 cm³/mol. The van der Waals surface area contributed by atoms with Gasteiger partial charge in [-0.1, -0.05) is 0 Å². The van der Waals surface area contributed by atoms with Gasteiger partial charge in [0.25, 0.3) is 5.91 Å². The van der Waals surface area contributed by atoms with E-state index in [1.807, 2.05) is 9.80 Å². The number of aromatic amines is 1. The van der Waals surface area contributed by atoms with E-state index in [4.69, 9.17) is 0 Å². The summed E-state index contributed by atoms with van der Waals surface area (Å²) in [4.78, 5) is 36.2. The lowest BCUT2D eigenvalue weighted by Gasteiger charge is -2.48. The third-order valence-electron chi connectivity index (χ3n) is 5.69. The van der Waals surface area contributed by atoms with E-state index in [2.05, 4.69) is 20.2 Å². The Hall–Kier alpha value is -2.77. The summed E-state index contributed by atoms with van der Waals surface area (Å²) in [5.41, 5.74) is 1.40.